The summed E-state index contributed by atoms with van der Waals surface area (Å²) < 4.78 is 36.2. The summed E-state index contributed by atoms with van der Waals surface area (Å²) in [6, 6.07) is 5.02. The topological polar surface area (TPSA) is 92.3 Å². The van der Waals surface area contributed by atoms with Crippen molar-refractivity contribution in [2.24, 2.45) is 11.8 Å². The lowest BCUT2D eigenvalue weighted by Gasteiger charge is -2.31. The molecule has 1 N–H and O–H groups in total. The predicted molar refractivity (Wildman–Crippen MR) is 115 cm³/mol. The monoisotopic (exact) mass is 438 g/mol. The van der Waals surface area contributed by atoms with Crippen LogP contribution in [0.2, 0.25) is 0 Å². The molecule has 2 aromatic rings. The number of benzene rings is 1. The zero-order valence-corrected chi connectivity index (χ0v) is 18.8. The van der Waals surface area contributed by atoms with Crippen LogP contribution in [0, 0.1) is 11.8 Å². The second-order valence-corrected chi connectivity index (χ2v) is 10.2. The van der Waals surface area contributed by atoms with Crippen LogP contribution in [-0.2, 0) is 14.8 Å². The fourth-order valence-electron chi connectivity index (χ4n) is 3.84. The van der Waals surface area contributed by atoms with E-state index in [1.54, 1.807) is 18.2 Å². The average Bonchev–Trinajstić information content (AvgIpc) is 3.22. The van der Waals surface area contributed by atoms with Gasteiger partial charge in [0.05, 0.1) is 17.6 Å². The number of carbonyl (C=O) groups is 1. The van der Waals surface area contributed by atoms with Gasteiger partial charge >= 0.3 is 0 Å². The van der Waals surface area contributed by atoms with E-state index in [0.29, 0.717) is 42.9 Å². The molecular weight excluding hydrogens is 408 g/mol. The van der Waals surface area contributed by atoms with Crippen LogP contribution in [0.4, 0.5) is 0 Å². The summed E-state index contributed by atoms with van der Waals surface area (Å²) in [7, 11) is -3.72. The molecule has 1 fully saturated rings. The van der Waals surface area contributed by atoms with Gasteiger partial charge in [-0.15, -0.1) is 0 Å². The molecule has 1 aliphatic heterocycles. The van der Waals surface area contributed by atoms with E-state index in [1.165, 1.54) is 10.7 Å². The van der Waals surface area contributed by atoms with Crippen molar-refractivity contribution in [3.05, 3.63) is 18.2 Å². The van der Waals surface area contributed by atoms with E-state index in [9.17, 15) is 13.2 Å². The van der Waals surface area contributed by atoms with Gasteiger partial charge in [0.1, 0.15) is 15.9 Å². The SMILES string of the molecule is CCCC[C@@H](CC)CNC(=O)[C@H]1CCCN(S(=O)(=O)c2cccc3nsnc23)C1. The number of sulfonamides is 1. The highest BCUT2D eigenvalue weighted by Gasteiger charge is 2.34. The van der Waals surface area contributed by atoms with Crippen LogP contribution < -0.4 is 5.32 Å². The highest BCUT2D eigenvalue weighted by Crippen LogP contribution is 2.28. The largest absolute Gasteiger partial charge is 0.356 e. The summed E-state index contributed by atoms with van der Waals surface area (Å²) >= 11 is 1.01. The minimum Gasteiger partial charge on any atom is -0.356 e. The van der Waals surface area contributed by atoms with Crippen molar-refractivity contribution in [3.63, 3.8) is 0 Å². The molecule has 7 nitrogen and oxygen atoms in total. The van der Waals surface area contributed by atoms with Crippen LogP contribution in [0.1, 0.15) is 52.4 Å². The normalized spacial score (nSPS) is 19.3. The molecule has 1 amide bonds. The quantitative estimate of drug-likeness (QED) is 0.648. The number of rotatable bonds is 9. The number of fused-ring (bicyclic) bond motifs is 1. The third kappa shape index (κ3) is 5.13. The molecule has 3 rings (SSSR count). The lowest BCUT2D eigenvalue weighted by molar-refractivity contribution is -0.126. The Labute approximate surface area is 177 Å². The van der Waals surface area contributed by atoms with E-state index in [2.05, 4.69) is 27.9 Å². The van der Waals surface area contributed by atoms with Gasteiger partial charge in [-0.3, -0.25) is 4.79 Å². The van der Waals surface area contributed by atoms with E-state index in [4.69, 9.17) is 0 Å². The Bertz CT molecular complexity index is 929. The van der Waals surface area contributed by atoms with E-state index < -0.39 is 10.0 Å². The highest BCUT2D eigenvalue weighted by molar-refractivity contribution is 7.89. The van der Waals surface area contributed by atoms with Gasteiger partial charge in [-0.1, -0.05) is 39.2 Å². The summed E-state index contributed by atoms with van der Waals surface area (Å²) in [5.74, 6) is 0.139. The van der Waals surface area contributed by atoms with Gasteiger partial charge in [-0.25, -0.2) is 8.42 Å². The predicted octanol–water partition coefficient (Wildman–Crippen LogP) is 3.42. The standard InChI is InChI=1S/C20H30N4O3S2/c1-3-5-8-15(4-2)13-21-20(25)16-9-7-12-24(14-16)29(26,27)18-11-6-10-17-19(18)23-28-22-17/h6,10-11,15-16H,3-5,7-9,12-14H2,1-2H3,(H,21,25)/t15-,16+/m1/s1. The third-order valence-electron chi connectivity index (χ3n) is 5.73. The van der Waals surface area contributed by atoms with Crippen molar-refractivity contribution >= 4 is 38.7 Å². The van der Waals surface area contributed by atoms with Crippen LogP contribution >= 0.6 is 11.7 Å². The molecule has 2 heterocycles. The van der Waals surface area contributed by atoms with Crippen molar-refractivity contribution < 1.29 is 13.2 Å². The summed E-state index contributed by atoms with van der Waals surface area (Å²) in [5, 5.41) is 3.07. The van der Waals surface area contributed by atoms with Crippen LogP contribution in [0.5, 0.6) is 0 Å². The van der Waals surface area contributed by atoms with Crippen LogP contribution in [-0.4, -0.2) is 47.0 Å². The van der Waals surface area contributed by atoms with Crippen molar-refractivity contribution in [1.82, 2.24) is 18.4 Å². The van der Waals surface area contributed by atoms with Gasteiger partial charge in [-0.05, 0) is 37.3 Å². The molecule has 0 unspecified atom stereocenters. The number of hydrogen-bond acceptors (Lipinski definition) is 6. The molecule has 0 bridgehead atoms. The van der Waals surface area contributed by atoms with E-state index in [-0.39, 0.29) is 23.3 Å². The molecule has 29 heavy (non-hydrogen) atoms. The van der Waals surface area contributed by atoms with Gasteiger partial charge in [0.25, 0.3) is 0 Å². The summed E-state index contributed by atoms with van der Waals surface area (Å²) in [6.45, 7) is 5.63. The molecule has 9 heteroatoms. The van der Waals surface area contributed by atoms with Gasteiger partial charge in [-0.2, -0.15) is 13.1 Å². The number of aromatic nitrogens is 2. The van der Waals surface area contributed by atoms with Gasteiger partial charge < -0.3 is 5.32 Å². The number of hydrogen-bond donors (Lipinski definition) is 1. The maximum absolute atomic E-state index is 13.2. The van der Waals surface area contributed by atoms with Crippen molar-refractivity contribution in [2.75, 3.05) is 19.6 Å². The number of piperidine rings is 1. The van der Waals surface area contributed by atoms with Crippen molar-refractivity contribution in [1.29, 1.82) is 0 Å². The van der Waals surface area contributed by atoms with Gasteiger partial charge in [0.2, 0.25) is 15.9 Å². The van der Waals surface area contributed by atoms with Crippen molar-refractivity contribution in [3.8, 4) is 0 Å². The molecule has 0 radical (unpaired) electrons. The lowest BCUT2D eigenvalue weighted by Crippen LogP contribution is -2.46. The molecule has 2 atom stereocenters. The molecule has 0 spiro atoms. The molecular formula is C20H30N4O3S2. The smallest absolute Gasteiger partial charge is 0.245 e. The number of nitrogens with one attached hydrogen (secondary N) is 1. The van der Waals surface area contributed by atoms with E-state index >= 15 is 0 Å². The lowest BCUT2D eigenvalue weighted by atomic mass is 9.96. The van der Waals surface area contributed by atoms with E-state index in [0.717, 1.165) is 31.0 Å². The number of nitrogens with zero attached hydrogens (tertiary/aromatic N) is 3. The molecule has 1 aromatic heterocycles. The maximum atomic E-state index is 13.2. The molecule has 1 aliphatic rings. The molecule has 0 saturated carbocycles. The minimum absolute atomic E-state index is 0.0339. The first-order valence-corrected chi connectivity index (χ1v) is 12.6. The highest BCUT2D eigenvalue weighted by atomic mass is 32.2. The van der Waals surface area contributed by atoms with E-state index in [1.807, 2.05) is 0 Å². The fraction of sp³-hybridized carbons (Fsp3) is 0.650. The Morgan fingerprint density at radius 2 is 2.17 bits per heavy atom. The van der Waals surface area contributed by atoms with Crippen LogP contribution in [0.3, 0.4) is 0 Å². The maximum Gasteiger partial charge on any atom is 0.245 e. The van der Waals surface area contributed by atoms with Crippen LogP contribution in [0.25, 0.3) is 11.0 Å². The third-order valence-corrected chi connectivity index (χ3v) is 8.17. The molecule has 160 valence electrons. The molecule has 0 aliphatic carbocycles. The summed E-state index contributed by atoms with van der Waals surface area (Å²) in [6.07, 6.45) is 5.87. The fourth-order valence-corrected chi connectivity index (χ4v) is 6.11. The minimum atomic E-state index is -3.72. The van der Waals surface area contributed by atoms with Gasteiger partial charge in [0.15, 0.2) is 0 Å². The summed E-state index contributed by atoms with van der Waals surface area (Å²) in [4.78, 5) is 12.9. The number of unbranched alkanes of at least 4 members (excludes halogenated alkanes) is 1. The Hall–Kier alpha value is -1.58. The number of carbonyl (C=O) groups excluding carboxylic acids is 1. The first-order chi connectivity index (χ1) is 14.0. The first kappa shape index (κ1) is 22.1. The van der Waals surface area contributed by atoms with Crippen molar-refractivity contribution in [2.45, 2.75) is 57.3 Å². The zero-order chi connectivity index (χ0) is 20.9. The Kier molecular flexibility index (Phi) is 7.59. The molecule has 1 aromatic carbocycles. The van der Waals surface area contributed by atoms with Gasteiger partial charge in [0, 0.05) is 19.6 Å². The van der Waals surface area contributed by atoms with Crippen LogP contribution in [0.15, 0.2) is 23.1 Å². The zero-order valence-electron chi connectivity index (χ0n) is 17.1. The molecule has 1 saturated heterocycles. The Morgan fingerprint density at radius 1 is 1.34 bits per heavy atom. The Balaban J connectivity index is 1.67. The first-order valence-electron chi connectivity index (χ1n) is 10.5. The Morgan fingerprint density at radius 3 is 2.93 bits per heavy atom. The second-order valence-electron chi connectivity index (χ2n) is 7.75. The summed E-state index contributed by atoms with van der Waals surface area (Å²) in [5.41, 5.74) is 0.992. The average molecular weight is 439 g/mol. The number of amides is 1. The second kappa shape index (κ2) is 9.95.